The third kappa shape index (κ3) is 1.89. The standard InChI is InChI=1S/C14H14ClN3O2/c15-9-6-20-13-5-17-12(3-8(9)13)14(19)18-11-2-7-1-10(11)16-4-7/h3,5-7,10-11,16H,1-2,4H2,(H,18,19). The average molecular weight is 292 g/mol. The van der Waals surface area contributed by atoms with Gasteiger partial charge in [-0.3, -0.25) is 4.79 Å². The Bertz CT molecular complexity index is 684. The van der Waals surface area contributed by atoms with Gasteiger partial charge in [0, 0.05) is 17.5 Å². The predicted octanol–water partition coefficient (Wildman–Crippen LogP) is 1.96. The van der Waals surface area contributed by atoms with Gasteiger partial charge < -0.3 is 15.1 Å². The molecule has 0 radical (unpaired) electrons. The number of aromatic nitrogens is 1. The minimum absolute atomic E-state index is 0.150. The smallest absolute Gasteiger partial charge is 0.270 e. The fraction of sp³-hybridized carbons (Fsp3) is 0.429. The summed E-state index contributed by atoms with van der Waals surface area (Å²) in [7, 11) is 0. The van der Waals surface area contributed by atoms with Crippen LogP contribution in [0.4, 0.5) is 0 Å². The molecule has 2 bridgehead atoms. The number of halogens is 1. The molecule has 3 heterocycles. The number of nitrogens with zero attached hydrogens (tertiary/aromatic N) is 1. The van der Waals surface area contributed by atoms with Gasteiger partial charge in [-0.1, -0.05) is 11.6 Å². The van der Waals surface area contributed by atoms with E-state index in [9.17, 15) is 4.79 Å². The Morgan fingerprint density at radius 2 is 2.40 bits per heavy atom. The molecule has 0 spiro atoms. The molecular formula is C14H14ClN3O2. The molecule has 6 heteroatoms. The summed E-state index contributed by atoms with van der Waals surface area (Å²) in [6.45, 7) is 1.08. The summed E-state index contributed by atoms with van der Waals surface area (Å²) in [6, 6.07) is 2.29. The first kappa shape index (κ1) is 12.2. The van der Waals surface area contributed by atoms with E-state index in [4.69, 9.17) is 16.0 Å². The molecule has 1 amide bonds. The van der Waals surface area contributed by atoms with Crippen LogP contribution in [-0.2, 0) is 0 Å². The van der Waals surface area contributed by atoms with Crippen molar-refractivity contribution in [1.82, 2.24) is 15.6 Å². The Kier molecular flexibility index (Phi) is 2.72. The number of carbonyl (C=O) groups is 1. The van der Waals surface area contributed by atoms with Crippen LogP contribution in [0.15, 0.2) is 22.9 Å². The lowest BCUT2D eigenvalue weighted by Gasteiger charge is -2.23. The van der Waals surface area contributed by atoms with E-state index in [1.165, 1.54) is 12.5 Å². The first-order chi connectivity index (χ1) is 9.70. The minimum Gasteiger partial charge on any atom is -0.461 e. The van der Waals surface area contributed by atoms with Crippen LogP contribution in [0.2, 0.25) is 5.02 Å². The van der Waals surface area contributed by atoms with Crippen LogP contribution >= 0.6 is 11.6 Å². The summed E-state index contributed by atoms with van der Waals surface area (Å²) in [6.07, 6.45) is 5.20. The van der Waals surface area contributed by atoms with Crippen LogP contribution in [0.1, 0.15) is 23.3 Å². The van der Waals surface area contributed by atoms with Crippen LogP contribution in [-0.4, -0.2) is 29.5 Å². The highest BCUT2D eigenvalue weighted by Crippen LogP contribution is 2.31. The summed E-state index contributed by atoms with van der Waals surface area (Å²) in [4.78, 5) is 16.4. The molecular weight excluding hydrogens is 278 g/mol. The quantitative estimate of drug-likeness (QED) is 0.888. The van der Waals surface area contributed by atoms with Crippen LogP contribution < -0.4 is 10.6 Å². The Hall–Kier alpha value is -1.59. The van der Waals surface area contributed by atoms with E-state index in [1.807, 2.05) is 0 Å². The van der Waals surface area contributed by atoms with Gasteiger partial charge in [0.1, 0.15) is 12.0 Å². The van der Waals surface area contributed by atoms with E-state index in [2.05, 4.69) is 15.6 Å². The number of rotatable bonds is 2. The largest absolute Gasteiger partial charge is 0.461 e. The fourth-order valence-corrected chi connectivity index (χ4v) is 3.47. The number of nitrogens with one attached hydrogen (secondary N) is 2. The van der Waals surface area contributed by atoms with Gasteiger partial charge in [0.05, 0.1) is 11.2 Å². The molecule has 20 heavy (non-hydrogen) atoms. The normalized spacial score (nSPS) is 28.1. The molecule has 1 saturated heterocycles. The average Bonchev–Trinajstić information content (AvgIpc) is 3.15. The van der Waals surface area contributed by atoms with Gasteiger partial charge >= 0.3 is 0 Å². The van der Waals surface area contributed by atoms with Gasteiger partial charge in [0.25, 0.3) is 5.91 Å². The number of carbonyl (C=O) groups excluding carboxylic acids is 1. The minimum atomic E-state index is -0.150. The van der Waals surface area contributed by atoms with E-state index < -0.39 is 0 Å². The van der Waals surface area contributed by atoms with E-state index in [0.29, 0.717) is 28.3 Å². The van der Waals surface area contributed by atoms with Gasteiger partial charge in [0.15, 0.2) is 5.58 Å². The molecule has 4 rings (SSSR count). The summed E-state index contributed by atoms with van der Waals surface area (Å²) in [5, 5.41) is 7.71. The molecule has 3 unspecified atom stereocenters. The highest BCUT2D eigenvalue weighted by atomic mass is 35.5. The zero-order chi connectivity index (χ0) is 13.7. The van der Waals surface area contributed by atoms with Crippen molar-refractivity contribution in [3.63, 3.8) is 0 Å². The van der Waals surface area contributed by atoms with E-state index in [1.54, 1.807) is 6.07 Å². The summed E-state index contributed by atoms with van der Waals surface area (Å²) < 4.78 is 5.22. The Balaban J connectivity index is 1.56. The molecule has 104 valence electrons. The van der Waals surface area contributed by atoms with Crippen LogP contribution in [0.25, 0.3) is 11.0 Å². The third-order valence-corrected chi connectivity index (χ3v) is 4.58. The van der Waals surface area contributed by atoms with Crippen molar-refractivity contribution in [1.29, 1.82) is 0 Å². The Labute approximate surface area is 120 Å². The second-order valence-corrected chi connectivity index (χ2v) is 5.99. The van der Waals surface area contributed by atoms with E-state index in [-0.39, 0.29) is 11.9 Å². The number of pyridine rings is 1. The third-order valence-electron chi connectivity index (χ3n) is 4.29. The first-order valence-corrected chi connectivity index (χ1v) is 7.15. The summed E-state index contributed by atoms with van der Waals surface area (Å²) in [5.74, 6) is 0.549. The van der Waals surface area contributed by atoms with Crippen molar-refractivity contribution in [2.45, 2.75) is 24.9 Å². The molecule has 0 aromatic carbocycles. The van der Waals surface area contributed by atoms with Crippen molar-refractivity contribution in [3.05, 3.63) is 29.2 Å². The monoisotopic (exact) mass is 291 g/mol. The van der Waals surface area contributed by atoms with Gasteiger partial charge in [-0.2, -0.15) is 0 Å². The maximum Gasteiger partial charge on any atom is 0.270 e. The first-order valence-electron chi connectivity index (χ1n) is 6.77. The van der Waals surface area contributed by atoms with Crippen molar-refractivity contribution in [2.75, 3.05) is 6.54 Å². The fourth-order valence-electron chi connectivity index (χ4n) is 3.28. The lowest BCUT2D eigenvalue weighted by atomic mass is 10.1. The maximum atomic E-state index is 12.3. The lowest BCUT2D eigenvalue weighted by molar-refractivity contribution is 0.0923. The molecule has 1 aliphatic carbocycles. The predicted molar refractivity (Wildman–Crippen MR) is 74.8 cm³/mol. The molecule has 5 nitrogen and oxygen atoms in total. The summed E-state index contributed by atoms with van der Waals surface area (Å²) >= 11 is 6.01. The number of piperidine rings is 1. The number of amides is 1. The zero-order valence-corrected chi connectivity index (χ0v) is 11.5. The molecule has 1 saturated carbocycles. The van der Waals surface area contributed by atoms with Gasteiger partial charge in [-0.05, 0) is 31.4 Å². The second kappa shape index (κ2) is 4.46. The lowest BCUT2D eigenvalue weighted by Crippen LogP contribution is -2.48. The second-order valence-electron chi connectivity index (χ2n) is 5.58. The van der Waals surface area contributed by atoms with Crippen LogP contribution in [0.3, 0.4) is 0 Å². The Morgan fingerprint density at radius 3 is 3.15 bits per heavy atom. The molecule has 2 aliphatic rings. The topological polar surface area (TPSA) is 67.2 Å². The molecule has 3 atom stereocenters. The van der Waals surface area contributed by atoms with Gasteiger partial charge in [0.2, 0.25) is 0 Å². The molecule has 2 fully saturated rings. The van der Waals surface area contributed by atoms with Gasteiger partial charge in [-0.25, -0.2) is 4.98 Å². The van der Waals surface area contributed by atoms with Crippen molar-refractivity contribution in [2.24, 2.45) is 5.92 Å². The van der Waals surface area contributed by atoms with Gasteiger partial charge in [-0.15, -0.1) is 0 Å². The number of furan rings is 1. The van der Waals surface area contributed by atoms with Crippen molar-refractivity contribution >= 4 is 28.5 Å². The van der Waals surface area contributed by atoms with Crippen LogP contribution in [0.5, 0.6) is 0 Å². The Morgan fingerprint density at radius 1 is 1.50 bits per heavy atom. The SMILES string of the molecule is O=C(NC1CC2CNC1C2)c1cc2c(Cl)coc2cn1. The number of hydrogen-bond donors (Lipinski definition) is 2. The summed E-state index contributed by atoms with van der Waals surface area (Å²) in [5.41, 5.74) is 0.969. The highest BCUT2D eigenvalue weighted by Gasteiger charge is 2.40. The molecule has 2 N–H and O–H groups in total. The van der Waals surface area contributed by atoms with Crippen LogP contribution in [0, 0.1) is 5.92 Å². The van der Waals surface area contributed by atoms with E-state index >= 15 is 0 Å². The number of fused-ring (bicyclic) bond motifs is 3. The van der Waals surface area contributed by atoms with E-state index in [0.717, 1.165) is 24.8 Å². The molecule has 1 aliphatic heterocycles. The molecule has 2 aromatic rings. The van der Waals surface area contributed by atoms with Crippen molar-refractivity contribution in [3.8, 4) is 0 Å². The number of hydrogen-bond acceptors (Lipinski definition) is 4. The maximum absolute atomic E-state index is 12.3. The highest BCUT2D eigenvalue weighted by molar-refractivity contribution is 6.35. The molecule has 2 aromatic heterocycles. The van der Waals surface area contributed by atoms with Crippen molar-refractivity contribution < 1.29 is 9.21 Å². The zero-order valence-electron chi connectivity index (χ0n) is 10.7.